The number of benzene rings is 1. The maximum atomic E-state index is 12.7. The molecular formula is C12H16F3NO3S. The zero-order valence-electron chi connectivity index (χ0n) is 10.9. The van der Waals surface area contributed by atoms with Crippen molar-refractivity contribution in [2.24, 2.45) is 11.1 Å². The Bertz CT molecular complexity index is 543. The van der Waals surface area contributed by atoms with E-state index in [9.17, 15) is 21.6 Å². The first-order valence-corrected chi connectivity index (χ1v) is 7.64. The van der Waals surface area contributed by atoms with E-state index in [0.29, 0.717) is 6.42 Å². The topological polar surface area (TPSA) is 69.4 Å². The Hall–Kier alpha value is -1.28. The van der Waals surface area contributed by atoms with E-state index in [-0.39, 0.29) is 18.1 Å². The quantitative estimate of drug-likeness (QED) is 0.877. The third-order valence-corrected chi connectivity index (χ3v) is 3.65. The van der Waals surface area contributed by atoms with Gasteiger partial charge in [0.2, 0.25) is 10.0 Å². The number of hydrogen-bond donors (Lipinski definition) is 1. The SMILES string of the molecule is CCC(COc1ccccc1C(F)(F)F)CS(N)(=O)=O. The van der Waals surface area contributed by atoms with Crippen molar-refractivity contribution in [1.29, 1.82) is 0 Å². The maximum Gasteiger partial charge on any atom is 0.419 e. The van der Waals surface area contributed by atoms with Gasteiger partial charge >= 0.3 is 6.18 Å². The van der Waals surface area contributed by atoms with E-state index in [4.69, 9.17) is 9.88 Å². The molecule has 1 atom stereocenters. The zero-order valence-corrected chi connectivity index (χ0v) is 11.7. The summed E-state index contributed by atoms with van der Waals surface area (Å²) in [5.74, 6) is -1.09. The number of ether oxygens (including phenoxy) is 1. The van der Waals surface area contributed by atoms with Crippen LogP contribution in [0.1, 0.15) is 18.9 Å². The number of alkyl halides is 3. The molecular weight excluding hydrogens is 295 g/mol. The average Bonchev–Trinajstić information content (AvgIpc) is 2.32. The smallest absolute Gasteiger partial charge is 0.419 e. The predicted molar refractivity (Wildman–Crippen MR) is 68.7 cm³/mol. The van der Waals surface area contributed by atoms with E-state index in [1.807, 2.05) is 0 Å². The van der Waals surface area contributed by atoms with Crippen molar-refractivity contribution in [1.82, 2.24) is 0 Å². The maximum absolute atomic E-state index is 12.7. The molecule has 1 unspecified atom stereocenters. The highest BCUT2D eigenvalue weighted by Gasteiger charge is 2.34. The van der Waals surface area contributed by atoms with Gasteiger partial charge in [-0.05, 0) is 18.6 Å². The molecule has 2 N–H and O–H groups in total. The molecule has 0 fully saturated rings. The largest absolute Gasteiger partial charge is 0.493 e. The number of para-hydroxylation sites is 1. The summed E-state index contributed by atoms with van der Waals surface area (Å²) in [6, 6.07) is 4.80. The Morgan fingerprint density at radius 3 is 2.40 bits per heavy atom. The van der Waals surface area contributed by atoms with E-state index in [1.54, 1.807) is 6.92 Å². The molecule has 0 bridgehead atoms. The molecule has 1 aromatic carbocycles. The summed E-state index contributed by atoms with van der Waals surface area (Å²) in [7, 11) is -3.68. The van der Waals surface area contributed by atoms with E-state index in [2.05, 4.69) is 0 Å². The van der Waals surface area contributed by atoms with Crippen LogP contribution in [0.3, 0.4) is 0 Å². The van der Waals surface area contributed by atoms with Crippen LogP contribution >= 0.6 is 0 Å². The molecule has 0 aliphatic heterocycles. The Balaban J connectivity index is 2.79. The van der Waals surface area contributed by atoms with Crippen LogP contribution in [0, 0.1) is 5.92 Å². The van der Waals surface area contributed by atoms with Crippen LogP contribution in [-0.4, -0.2) is 20.8 Å². The molecule has 0 saturated carbocycles. The first kappa shape index (κ1) is 16.8. The molecule has 1 aromatic rings. The normalized spacial score (nSPS) is 14.1. The van der Waals surface area contributed by atoms with Crippen molar-refractivity contribution in [3.05, 3.63) is 29.8 Å². The summed E-state index contributed by atoms with van der Waals surface area (Å²) < 4.78 is 65.3. The first-order valence-electron chi connectivity index (χ1n) is 5.93. The van der Waals surface area contributed by atoms with Gasteiger partial charge in [0.25, 0.3) is 0 Å². The third-order valence-electron chi connectivity index (χ3n) is 2.71. The van der Waals surface area contributed by atoms with E-state index in [0.717, 1.165) is 6.07 Å². The highest BCUT2D eigenvalue weighted by molar-refractivity contribution is 7.89. The van der Waals surface area contributed by atoms with Crippen LogP contribution in [0.25, 0.3) is 0 Å². The highest BCUT2D eigenvalue weighted by atomic mass is 32.2. The van der Waals surface area contributed by atoms with Crippen LogP contribution in [-0.2, 0) is 16.2 Å². The molecule has 4 nitrogen and oxygen atoms in total. The van der Waals surface area contributed by atoms with Gasteiger partial charge in [-0.15, -0.1) is 0 Å². The van der Waals surface area contributed by atoms with Crippen LogP contribution in [0.2, 0.25) is 0 Å². The van der Waals surface area contributed by atoms with Crippen LogP contribution in [0.5, 0.6) is 5.75 Å². The van der Waals surface area contributed by atoms with Crippen LogP contribution in [0.4, 0.5) is 13.2 Å². The lowest BCUT2D eigenvalue weighted by atomic mass is 10.1. The summed E-state index contributed by atoms with van der Waals surface area (Å²) >= 11 is 0. The van der Waals surface area contributed by atoms with E-state index < -0.39 is 27.7 Å². The summed E-state index contributed by atoms with van der Waals surface area (Å²) in [6.07, 6.45) is -4.08. The van der Waals surface area contributed by atoms with Gasteiger partial charge in [0.15, 0.2) is 0 Å². The van der Waals surface area contributed by atoms with Gasteiger partial charge in [0, 0.05) is 5.92 Å². The fourth-order valence-corrected chi connectivity index (χ4v) is 2.64. The molecule has 0 saturated heterocycles. The molecule has 0 aliphatic rings. The number of primary sulfonamides is 1. The molecule has 20 heavy (non-hydrogen) atoms. The second-order valence-electron chi connectivity index (χ2n) is 4.41. The Morgan fingerprint density at radius 2 is 1.90 bits per heavy atom. The van der Waals surface area contributed by atoms with Crippen molar-refractivity contribution in [3.63, 3.8) is 0 Å². The van der Waals surface area contributed by atoms with Gasteiger partial charge in [-0.3, -0.25) is 0 Å². The second-order valence-corrected chi connectivity index (χ2v) is 6.07. The van der Waals surface area contributed by atoms with E-state index >= 15 is 0 Å². The molecule has 0 aliphatic carbocycles. The molecule has 0 aromatic heterocycles. The molecule has 1 rings (SSSR count). The van der Waals surface area contributed by atoms with Gasteiger partial charge in [0.1, 0.15) is 5.75 Å². The van der Waals surface area contributed by atoms with Crippen molar-refractivity contribution < 1.29 is 26.3 Å². The minimum atomic E-state index is -4.52. The Kier molecular flexibility index (Phi) is 5.41. The zero-order chi connectivity index (χ0) is 15.4. The summed E-state index contributed by atoms with van der Waals surface area (Å²) in [5, 5.41) is 4.92. The summed E-state index contributed by atoms with van der Waals surface area (Å²) in [4.78, 5) is 0. The van der Waals surface area contributed by atoms with Gasteiger partial charge in [-0.25, -0.2) is 13.6 Å². The van der Waals surface area contributed by atoms with E-state index in [1.165, 1.54) is 18.2 Å². The second kappa shape index (κ2) is 6.45. The van der Waals surface area contributed by atoms with Crippen molar-refractivity contribution in [2.75, 3.05) is 12.4 Å². The molecule has 114 valence electrons. The van der Waals surface area contributed by atoms with Gasteiger partial charge in [-0.2, -0.15) is 13.2 Å². The fourth-order valence-electron chi connectivity index (χ4n) is 1.65. The molecule has 0 spiro atoms. The molecule has 8 heteroatoms. The van der Waals surface area contributed by atoms with Crippen molar-refractivity contribution >= 4 is 10.0 Å². The number of nitrogens with two attached hydrogens (primary N) is 1. The fraction of sp³-hybridized carbons (Fsp3) is 0.500. The molecule has 0 heterocycles. The van der Waals surface area contributed by atoms with Crippen LogP contribution in [0.15, 0.2) is 24.3 Å². The lowest BCUT2D eigenvalue weighted by Gasteiger charge is -2.17. The lowest BCUT2D eigenvalue weighted by molar-refractivity contribution is -0.139. The number of halogens is 3. The first-order chi connectivity index (χ1) is 9.13. The monoisotopic (exact) mass is 311 g/mol. The lowest BCUT2D eigenvalue weighted by Crippen LogP contribution is -2.26. The van der Waals surface area contributed by atoms with Gasteiger partial charge in [-0.1, -0.05) is 19.1 Å². The summed E-state index contributed by atoms with van der Waals surface area (Å²) in [6.45, 7) is 1.58. The number of hydrogen-bond acceptors (Lipinski definition) is 3. The average molecular weight is 311 g/mol. The standard InChI is InChI=1S/C12H16F3NO3S/c1-2-9(8-20(16,17)18)7-19-11-6-4-3-5-10(11)12(13,14)15/h3-6,9H,2,7-8H2,1H3,(H2,16,17,18). The van der Waals surface area contributed by atoms with Gasteiger partial charge < -0.3 is 4.74 Å². The molecule has 0 radical (unpaired) electrons. The predicted octanol–water partition coefficient (Wildman–Crippen LogP) is 2.40. The van der Waals surface area contributed by atoms with Crippen molar-refractivity contribution in [2.45, 2.75) is 19.5 Å². The summed E-state index contributed by atoms with van der Waals surface area (Å²) in [5.41, 5.74) is -0.884. The van der Waals surface area contributed by atoms with Crippen LogP contribution < -0.4 is 9.88 Å². The number of rotatable bonds is 6. The van der Waals surface area contributed by atoms with Crippen molar-refractivity contribution in [3.8, 4) is 5.75 Å². The minimum absolute atomic E-state index is 0.139. The molecule has 0 amide bonds. The highest BCUT2D eigenvalue weighted by Crippen LogP contribution is 2.36. The Morgan fingerprint density at radius 1 is 1.30 bits per heavy atom. The Labute approximate surface area is 115 Å². The number of sulfonamides is 1. The van der Waals surface area contributed by atoms with Gasteiger partial charge in [0.05, 0.1) is 17.9 Å². The minimum Gasteiger partial charge on any atom is -0.493 e. The third kappa shape index (κ3) is 5.38.